The van der Waals surface area contributed by atoms with Crippen LogP contribution >= 0.6 is 0 Å². The van der Waals surface area contributed by atoms with Crippen LogP contribution in [0.1, 0.15) is 26.7 Å². The molecule has 0 unspecified atom stereocenters. The first-order valence-electron chi connectivity index (χ1n) is 7.10. The fourth-order valence-electron chi connectivity index (χ4n) is 2.48. The van der Waals surface area contributed by atoms with Gasteiger partial charge in [0.25, 0.3) is 0 Å². The molecule has 19 heavy (non-hydrogen) atoms. The molecule has 0 saturated heterocycles. The van der Waals surface area contributed by atoms with Crippen LogP contribution in [-0.4, -0.2) is 22.9 Å². The van der Waals surface area contributed by atoms with Gasteiger partial charge in [0.1, 0.15) is 0 Å². The zero-order chi connectivity index (χ0) is 13.7. The van der Waals surface area contributed by atoms with Crippen LogP contribution in [-0.2, 0) is 7.05 Å². The summed E-state index contributed by atoms with van der Waals surface area (Å²) in [5.74, 6) is 0. The maximum Gasteiger partial charge on any atom is 0.0912 e. The second-order valence-electron chi connectivity index (χ2n) is 4.86. The van der Waals surface area contributed by atoms with Gasteiger partial charge in [0.15, 0.2) is 0 Å². The third-order valence-electron chi connectivity index (χ3n) is 3.29. The highest BCUT2D eigenvalue weighted by molar-refractivity contribution is 5.75. The summed E-state index contributed by atoms with van der Waals surface area (Å²) < 4.78 is 1.98. The molecule has 1 heterocycles. The highest BCUT2D eigenvalue weighted by Gasteiger charge is 2.15. The molecule has 0 radical (unpaired) electrons. The van der Waals surface area contributed by atoms with Gasteiger partial charge < -0.3 is 4.90 Å². The molecule has 0 spiro atoms. The average Bonchev–Trinajstić information content (AvgIpc) is 2.81. The van der Waals surface area contributed by atoms with Crippen molar-refractivity contribution in [1.82, 2.24) is 9.78 Å². The number of hydrogen-bond acceptors (Lipinski definition) is 2. The number of nitrogens with zero attached hydrogens (tertiary/aromatic N) is 3. The highest BCUT2D eigenvalue weighted by Crippen LogP contribution is 2.30. The minimum atomic E-state index is 1.08. The summed E-state index contributed by atoms with van der Waals surface area (Å²) in [7, 11) is 2.02. The molecule has 3 nitrogen and oxygen atoms in total. The Morgan fingerprint density at radius 1 is 1.05 bits per heavy atom. The summed E-state index contributed by atoms with van der Waals surface area (Å²) in [5.41, 5.74) is 3.69. The van der Waals surface area contributed by atoms with Crippen LogP contribution in [0.25, 0.3) is 11.3 Å². The van der Waals surface area contributed by atoms with Crippen LogP contribution in [0.15, 0.2) is 36.5 Å². The van der Waals surface area contributed by atoms with Gasteiger partial charge in [0.05, 0.1) is 17.6 Å². The number of hydrogen-bond donors (Lipinski definition) is 0. The normalized spacial score (nSPS) is 10.7. The van der Waals surface area contributed by atoms with Crippen LogP contribution in [0.5, 0.6) is 0 Å². The lowest BCUT2D eigenvalue weighted by molar-refractivity contribution is 0.744. The third-order valence-corrected chi connectivity index (χ3v) is 3.29. The second kappa shape index (κ2) is 6.41. The first-order chi connectivity index (χ1) is 9.27. The van der Waals surface area contributed by atoms with Gasteiger partial charge >= 0.3 is 0 Å². The Kier molecular flexibility index (Phi) is 4.61. The van der Waals surface area contributed by atoms with E-state index in [1.54, 1.807) is 0 Å². The lowest BCUT2D eigenvalue weighted by Gasteiger charge is -2.23. The summed E-state index contributed by atoms with van der Waals surface area (Å²) in [4.78, 5) is 2.44. The lowest BCUT2D eigenvalue weighted by Crippen LogP contribution is -2.25. The van der Waals surface area contributed by atoms with E-state index in [4.69, 9.17) is 0 Å². The van der Waals surface area contributed by atoms with Crippen LogP contribution < -0.4 is 4.90 Å². The maximum absolute atomic E-state index is 4.45. The number of benzene rings is 1. The van der Waals surface area contributed by atoms with Crippen molar-refractivity contribution in [2.24, 2.45) is 7.05 Å². The molecule has 0 saturated carbocycles. The Balaban J connectivity index is 2.41. The van der Waals surface area contributed by atoms with Gasteiger partial charge in [-0.25, -0.2) is 0 Å². The van der Waals surface area contributed by atoms with E-state index in [9.17, 15) is 0 Å². The van der Waals surface area contributed by atoms with Gasteiger partial charge in [0, 0.05) is 25.7 Å². The number of aryl methyl sites for hydroxylation is 1. The highest BCUT2D eigenvalue weighted by atomic mass is 15.3. The van der Waals surface area contributed by atoms with Gasteiger partial charge in [-0.15, -0.1) is 0 Å². The monoisotopic (exact) mass is 257 g/mol. The Morgan fingerprint density at radius 2 is 1.68 bits per heavy atom. The molecule has 102 valence electrons. The lowest BCUT2D eigenvalue weighted by atomic mass is 10.1. The van der Waals surface area contributed by atoms with Crippen molar-refractivity contribution in [1.29, 1.82) is 0 Å². The summed E-state index contributed by atoms with van der Waals surface area (Å²) in [6.45, 7) is 6.61. The smallest absolute Gasteiger partial charge is 0.0912 e. The van der Waals surface area contributed by atoms with Crippen LogP contribution in [0, 0.1) is 0 Å². The van der Waals surface area contributed by atoms with Gasteiger partial charge in [-0.2, -0.15) is 5.10 Å². The average molecular weight is 257 g/mol. The van der Waals surface area contributed by atoms with Gasteiger partial charge in [-0.3, -0.25) is 4.68 Å². The number of anilines is 1. The first-order valence-corrected chi connectivity index (χ1v) is 7.10. The number of rotatable bonds is 6. The third kappa shape index (κ3) is 2.98. The molecule has 0 bridgehead atoms. The molecule has 2 rings (SSSR count). The topological polar surface area (TPSA) is 21.1 Å². The zero-order valence-corrected chi connectivity index (χ0v) is 12.1. The van der Waals surface area contributed by atoms with Crippen LogP contribution in [0.2, 0.25) is 0 Å². The molecule has 0 aliphatic rings. The van der Waals surface area contributed by atoms with E-state index in [2.05, 4.69) is 54.2 Å². The molecule has 0 N–H and O–H groups in total. The van der Waals surface area contributed by atoms with Crippen molar-refractivity contribution in [2.45, 2.75) is 26.7 Å². The molecule has 0 amide bonds. The van der Waals surface area contributed by atoms with Crippen LogP contribution in [0.3, 0.4) is 0 Å². The van der Waals surface area contributed by atoms with Crippen molar-refractivity contribution in [2.75, 3.05) is 18.0 Å². The molecule has 0 aliphatic carbocycles. The van der Waals surface area contributed by atoms with Gasteiger partial charge in [-0.05, 0) is 12.8 Å². The molecular weight excluding hydrogens is 234 g/mol. The molecular formula is C16H23N3. The van der Waals surface area contributed by atoms with Gasteiger partial charge in [0.2, 0.25) is 0 Å². The van der Waals surface area contributed by atoms with E-state index in [1.165, 1.54) is 16.9 Å². The van der Waals surface area contributed by atoms with Crippen molar-refractivity contribution in [3.63, 3.8) is 0 Å². The second-order valence-corrected chi connectivity index (χ2v) is 4.86. The van der Waals surface area contributed by atoms with Crippen LogP contribution in [0.4, 0.5) is 5.69 Å². The minimum Gasteiger partial charge on any atom is -0.369 e. The summed E-state index contributed by atoms with van der Waals surface area (Å²) in [5, 5.41) is 4.45. The summed E-state index contributed by atoms with van der Waals surface area (Å²) in [6, 6.07) is 10.5. The predicted octanol–water partition coefficient (Wildman–Crippen LogP) is 3.71. The Hall–Kier alpha value is -1.77. The molecule has 2 aromatic rings. The molecule has 0 aliphatic heterocycles. The standard InChI is InChI=1S/C16H23N3/c1-4-11-19(12-5-2)15-13-17-18(3)16(15)14-9-7-6-8-10-14/h6-10,13H,4-5,11-12H2,1-3H3. The minimum absolute atomic E-state index is 1.08. The summed E-state index contributed by atoms with van der Waals surface area (Å²) >= 11 is 0. The maximum atomic E-state index is 4.45. The summed E-state index contributed by atoms with van der Waals surface area (Å²) in [6.07, 6.45) is 4.31. The van der Waals surface area contributed by atoms with E-state index in [0.29, 0.717) is 0 Å². The van der Waals surface area contributed by atoms with E-state index < -0.39 is 0 Å². The Bertz CT molecular complexity index is 496. The first kappa shape index (κ1) is 13.7. The van der Waals surface area contributed by atoms with E-state index in [1.807, 2.05) is 17.9 Å². The molecule has 1 aromatic carbocycles. The molecule has 0 atom stereocenters. The Morgan fingerprint density at radius 3 is 2.26 bits per heavy atom. The largest absolute Gasteiger partial charge is 0.369 e. The number of aromatic nitrogens is 2. The molecule has 0 fully saturated rings. The van der Waals surface area contributed by atoms with E-state index in [0.717, 1.165) is 25.9 Å². The van der Waals surface area contributed by atoms with E-state index >= 15 is 0 Å². The Labute approximate surface area is 115 Å². The molecule has 3 heteroatoms. The fourth-order valence-corrected chi connectivity index (χ4v) is 2.48. The predicted molar refractivity (Wildman–Crippen MR) is 81.4 cm³/mol. The van der Waals surface area contributed by atoms with Crippen molar-refractivity contribution >= 4 is 5.69 Å². The van der Waals surface area contributed by atoms with Crippen molar-refractivity contribution in [3.8, 4) is 11.3 Å². The molecule has 1 aromatic heterocycles. The zero-order valence-electron chi connectivity index (χ0n) is 12.1. The SMILES string of the molecule is CCCN(CCC)c1cnn(C)c1-c1ccccc1. The van der Waals surface area contributed by atoms with E-state index in [-0.39, 0.29) is 0 Å². The quantitative estimate of drug-likeness (QED) is 0.786. The fraction of sp³-hybridized carbons (Fsp3) is 0.438. The van der Waals surface area contributed by atoms with Crippen molar-refractivity contribution < 1.29 is 0 Å². The van der Waals surface area contributed by atoms with Gasteiger partial charge in [-0.1, -0.05) is 44.2 Å². The van der Waals surface area contributed by atoms with Crippen molar-refractivity contribution in [3.05, 3.63) is 36.5 Å².